The van der Waals surface area contributed by atoms with Crippen molar-refractivity contribution in [2.75, 3.05) is 41.3 Å². The monoisotopic (exact) mass is 1170 g/mol. The molecule has 2 aliphatic rings. The third kappa shape index (κ3) is 16.0. The summed E-state index contributed by atoms with van der Waals surface area (Å²) in [5.41, 5.74) is -0.491. The number of likely N-dealkylation sites (N-methyl/N-ethyl adjacent to an activating group) is 4. The summed E-state index contributed by atoms with van der Waals surface area (Å²) < 4.78 is 6.90. The maximum Gasteiger partial charge on any atom is 0.332 e. The first-order chi connectivity index (χ1) is 35.5. The molecule has 2 saturated heterocycles. The van der Waals surface area contributed by atoms with Gasteiger partial charge >= 0.3 is 5.97 Å². The molecular formula is C56H83IN8O11. The highest BCUT2D eigenvalue weighted by molar-refractivity contribution is 14.1. The van der Waals surface area contributed by atoms with E-state index in [0.717, 1.165) is 18.9 Å². The number of carbonyl (C=O) groups is 9. The van der Waals surface area contributed by atoms with Crippen LogP contribution >= 0.6 is 22.6 Å². The quantitative estimate of drug-likeness (QED) is 0.188. The van der Waals surface area contributed by atoms with Gasteiger partial charge in [0.25, 0.3) is 5.91 Å². The zero-order chi connectivity index (χ0) is 57.1. The number of nitrogens with one attached hydrogen (secondary N) is 3. The summed E-state index contributed by atoms with van der Waals surface area (Å²) >= 11 is 2.17. The van der Waals surface area contributed by atoms with E-state index in [1.807, 2.05) is 58.0 Å². The van der Waals surface area contributed by atoms with Gasteiger partial charge in [-0.2, -0.15) is 0 Å². The second kappa shape index (κ2) is 27.6. The lowest BCUT2D eigenvalue weighted by atomic mass is 9.94. The van der Waals surface area contributed by atoms with Crippen molar-refractivity contribution < 1.29 is 53.0 Å². The molecule has 2 aliphatic heterocycles. The fraction of sp³-hybridized carbons (Fsp3) is 0.625. The van der Waals surface area contributed by atoms with Crippen molar-refractivity contribution in [1.82, 2.24) is 40.4 Å². The number of fused-ring (bicyclic) bond motifs is 2. The highest BCUT2D eigenvalue weighted by Gasteiger charge is 2.46. The first-order valence-electron chi connectivity index (χ1n) is 26.5. The normalized spacial score (nSPS) is 26.9. The van der Waals surface area contributed by atoms with Gasteiger partial charge in [-0.25, -0.2) is 4.79 Å². The Hall–Kier alpha value is -5.64. The third-order valence-corrected chi connectivity index (χ3v) is 15.8. The van der Waals surface area contributed by atoms with Crippen molar-refractivity contribution in [3.8, 4) is 0 Å². The minimum atomic E-state index is -1.96. The number of ether oxygens (including phenoxy) is 1. The van der Waals surface area contributed by atoms with Gasteiger partial charge in [0.2, 0.25) is 41.4 Å². The van der Waals surface area contributed by atoms with Crippen LogP contribution in [0, 0.1) is 27.2 Å². The molecular weight excluding hydrogens is 1090 g/mol. The number of hydrogen-bond acceptors (Lipinski definition) is 11. The predicted octanol–water partition coefficient (Wildman–Crippen LogP) is 3.56. The molecule has 0 aromatic heterocycles. The molecule has 2 fully saturated rings. The van der Waals surface area contributed by atoms with Crippen LogP contribution in [0.1, 0.15) is 106 Å². The summed E-state index contributed by atoms with van der Waals surface area (Å²) in [6.45, 7) is 16.6. The summed E-state index contributed by atoms with van der Waals surface area (Å²) in [4.78, 5) is 137. The van der Waals surface area contributed by atoms with E-state index >= 15 is 4.79 Å². The molecule has 20 heteroatoms. The summed E-state index contributed by atoms with van der Waals surface area (Å²) in [5, 5.41) is 20.1. The Morgan fingerprint density at radius 3 is 1.76 bits per heavy atom. The summed E-state index contributed by atoms with van der Waals surface area (Å²) in [7, 11) is 5.59. The lowest BCUT2D eigenvalue weighted by molar-refractivity contribution is -0.177. The van der Waals surface area contributed by atoms with E-state index in [1.54, 1.807) is 43.0 Å². The van der Waals surface area contributed by atoms with Gasteiger partial charge in [-0.1, -0.05) is 90.4 Å². The van der Waals surface area contributed by atoms with Crippen molar-refractivity contribution in [2.45, 2.75) is 162 Å². The Balaban J connectivity index is 1.87. The smallest absolute Gasteiger partial charge is 0.332 e. The molecule has 4 N–H and O–H groups in total. The van der Waals surface area contributed by atoms with Crippen LogP contribution in [-0.4, -0.2) is 178 Å². The molecule has 4 rings (SSSR count). The summed E-state index contributed by atoms with van der Waals surface area (Å²) in [6.07, 6.45) is -0.217. The standard InChI is InChI=1S/C56H83IN8O11/c1-15-33(5)44-53(72)61(11)35(7)47(66)58-41(27-32(3)4)51(70)64(14)46(56(9,10)75)55(74)76-45(34(6)16-2)54(73)62(12)36(8)48(67)59-42(29-37-21-18-17-19-22-37)50(69)63(13)43(30-38-23-20-24-40(57)28-38)52(71)65-26-25-39(31-65)49(68)60-44/h17-24,28,32-36,39,41-46,75H,15-16,25-27,29-31H2,1-14H3,(H,58,66)(H,59,67)(H,60,68)/t33?,34-,35+,36+,39?,41+,42?,43+,44+,45?,46?/m1/s1. The number of nitrogens with zero attached hydrogens (tertiary/aromatic N) is 5. The van der Waals surface area contributed by atoms with Gasteiger partial charge in [0, 0.05) is 63.6 Å². The van der Waals surface area contributed by atoms with Gasteiger partial charge in [-0.3, -0.25) is 38.4 Å². The minimum Gasteiger partial charge on any atom is -0.450 e. The molecule has 420 valence electrons. The van der Waals surface area contributed by atoms with Crippen LogP contribution in [0.25, 0.3) is 0 Å². The molecule has 2 aromatic rings. The van der Waals surface area contributed by atoms with Gasteiger partial charge in [0.15, 0.2) is 12.1 Å². The summed E-state index contributed by atoms with van der Waals surface area (Å²) in [5.74, 6) is -8.01. The number of rotatable bonds is 11. The molecule has 11 atom stereocenters. The highest BCUT2D eigenvalue weighted by Crippen LogP contribution is 2.26. The molecule has 0 saturated carbocycles. The third-order valence-electron chi connectivity index (χ3n) is 15.2. The number of hydrogen-bond donors (Lipinski definition) is 4. The second-order valence-corrected chi connectivity index (χ2v) is 23.1. The Bertz CT molecular complexity index is 2400. The Morgan fingerprint density at radius 1 is 0.658 bits per heavy atom. The second-order valence-electron chi connectivity index (χ2n) is 21.9. The minimum absolute atomic E-state index is 0.00532. The van der Waals surface area contributed by atoms with Crippen LogP contribution in [0.5, 0.6) is 0 Å². The van der Waals surface area contributed by atoms with Crippen LogP contribution in [0.15, 0.2) is 54.6 Å². The van der Waals surface area contributed by atoms with Crippen molar-refractivity contribution in [2.24, 2.45) is 23.7 Å². The zero-order valence-electron chi connectivity index (χ0n) is 46.9. The lowest BCUT2D eigenvalue weighted by Gasteiger charge is -2.39. The van der Waals surface area contributed by atoms with Gasteiger partial charge in [-0.05, 0) is 105 Å². The SMILES string of the molecule is CCC(C)[C@@H]1NC(=O)C2CCN(C2)C(=O)[C@H](Cc2cccc(I)c2)N(C)C(=O)C(Cc2ccccc2)NC(=O)[C@H](C)N(C)C(=O)C([C@H](C)CC)OC(=O)C(C(C)(C)O)N(C)C(=O)[C@H](CC(C)C)NC(=O)[C@H](C)N(C)C1=O. The predicted molar refractivity (Wildman–Crippen MR) is 296 cm³/mol. The van der Waals surface area contributed by atoms with E-state index in [1.165, 1.54) is 65.7 Å². The fourth-order valence-electron chi connectivity index (χ4n) is 9.60. The Labute approximate surface area is 463 Å². The van der Waals surface area contributed by atoms with Gasteiger partial charge < -0.3 is 50.3 Å². The molecule has 2 bridgehead atoms. The molecule has 0 aliphatic carbocycles. The molecule has 2 heterocycles. The Morgan fingerprint density at radius 2 is 1.21 bits per heavy atom. The Kier molecular flexibility index (Phi) is 22.8. The maximum atomic E-state index is 15.0. The van der Waals surface area contributed by atoms with Gasteiger partial charge in [0.05, 0.1) is 11.5 Å². The van der Waals surface area contributed by atoms with Crippen molar-refractivity contribution in [3.63, 3.8) is 0 Å². The number of cyclic esters (lactones) is 1. The fourth-order valence-corrected chi connectivity index (χ4v) is 10.2. The highest BCUT2D eigenvalue weighted by atomic mass is 127. The number of amides is 8. The van der Waals surface area contributed by atoms with Crippen molar-refractivity contribution in [3.05, 3.63) is 69.3 Å². The van der Waals surface area contributed by atoms with Crippen LogP contribution in [-0.2, 0) is 60.7 Å². The van der Waals surface area contributed by atoms with E-state index in [0.29, 0.717) is 18.4 Å². The van der Waals surface area contributed by atoms with E-state index in [-0.39, 0.29) is 44.7 Å². The first-order valence-corrected chi connectivity index (χ1v) is 27.6. The van der Waals surface area contributed by atoms with E-state index < -0.39 is 125 Å². The van der Waals surface area contributed by atoms with Crippen LogP contribution in [0.4, 0.5) is 0 Å². The van der Waals surface area contributed by atoms with Crippen molar-refractivity contribution in [1.29, 1.82) is 0 Å². The largest absolute Gasteiger partial charge is 0.450 e. The number of benzene rings is 2. The number of halogens is 1. The zero-order valence-corrected chi connectivity index (χ0v) is 49.1. The van der Waals surface area contributed by atoms with Crippen LogP contribution in [0.3, 0.4) is 0 Å². The molecule has 0 radical (unpaired) electrons. The first kappa shape index (κ1) is 62.9. The average molecular weight is 1170 g/mol. The number of aliphatic hydroxyl groups is 1. The number of carbonyl (C=O) groups excluding carboxylic acids is 9. The van der Waals surface area contributed by atoms with Gasteiger partial charge in [0.1, 0.15) is 36.3 Å². The number of esters is 1. The molecule has 76 heavy (non-hydrogen) atoms. The topological polar surface area (TPSA) is 235 Å². The summed E-state index contributed by atoms with van der Waals surface area (Å²) in [6, 6.07) is 7.75. The van der Waals surface area contributed by atoms with E-state index in [2.05, 4.69) is 38.5 Å². The van der Waals surface area contributed by atoms with Crippen LogP contribution in [0.2, 0.25) is 0 Å². The molecule has 8 amide bonds. The molecule has 2 aromatic carbocycles. The van der Waals surface area contributed by atoms with E-state index in [4.69, 9.17) is 4.74 Å². The van der Waals surface area contributed by atoms with Gasteiger partial charge in [-0.15, -0.1) is 0 Å². The van der Waals surface area contributed by atoms with Crippen LogP contribution < -0.4 is 16.0 Å². The lowest BCUT2D eigenvalue weighted by Crippen LogP contribution is -2.62. The maximum absolute atomic E-state index is 15.0. The average Bonchev–Trinajstić information content (AvgIpc) is 3.88. The molecule has 0 spiro atoms. The molecule has 19 nitrogen and oxygen atoms in total. The molecule has 5 unspecified atom stereocenters. The van der Waals surface area contributed by atoms with Crippen molar-refractivity contribution >= 4 is 75.8 Å². The van der Waals surface area contributed by atoms with E-state index in [9.17, 15) is 43.5 Å².